The van der Waals surface area contributed by atoms with E-state index in [4.69, 9.17) is 18.8 Å². The lowest BCUT2D eigenvalue weighted by Crippen LogP contribution is -2.56. The Balaban J connectivity index is 1.42. The van der Waals surface area contributed by atoms with Gasteiger partial charge in [0.05, 0.1) is 0 Å². The fourth-order valence-electron chi connectivity index (χ4n) is 7.77. The highest BCUT2D eigenvalue weighted by Gasteiger charge is 2.67. The van der Waals surface area contributed by atoms with Crippen LogP contribution in [0.4, 0.5) is 0 Å². The first-order chi connectivity index (χ1) is 21.2. The van der Waals surface area contributed by atoms with Gasteiger partial charge in [-0.2, -0.15) is 0 Å². The first-order valence-electron chi connectivity index (χ1n) is 15.4. The molecule has 43 heavy (non-hydrogen) atoms. The van der Waals surface area contributed by atoms with Crippen molar-refractivity contribution in [2.45, 2.75) is 42.1 Å². The number of rotatable bonds is 11. The summed E-state index contributed by atoms with van der Waals surface area (Å²) < 4.78 is 27.8. The maximum Gasteiger partial charge on any atom is 0.461 e. The maximum atomic E-state index is 9.77. The van der Waals surface area contributed by atoms with Crippen molar-refractivity contribution < 1.29 is 23.9 Å². The number of benzene rings is 4. The molecule has 4 aromatic rings. The molecule has 1 heterocycles. The van der Waals surface area contributed by atoms with Crippen molar-refractivity contribution >= 4 is 7.12 Å². The van der Waals surface area contributed by atoms with Gasteiger partial charge in [-0.05, 0) is 58.7 Å². The fraction of sp³-hybridized carbons (Fsp3) is 0.351. The van der Waals surface area contributed by atoms with Gasteiger partial charge in [-0.15, -0.1) is 0 Å². The molecule has 6 heteroatoms. The Morgan fingerprint density at radius 1 is 0.605 bits per heavy atom. The molecular formula is C37H39BO5. The summed E-state index contributed by atoms with van der Waals surface area (Å²) in [7, 11) is 3.11. The van der Waals surface area contributed by atoms with Crippen LogP contribution in [0.5, 0.6) is 0 Å². The molecule has 1 saturated heterocycles. The molecule has 4 aromatic carbocycles. The molecular weight excluding hydrogens is 535 g/mol. The van der Waals surface area contributed by atoms with E-state index >= 15 is 0 Å². The largest absolute Gasteiger partial charge is 0.461 e. The monoisotopic (exact) mass is 574 g/mol. The van der Waals surface area contributed by atoms with Crippen molar-refractivity contribution in [3.8, 4) is 0 Å². The summed E-state index contributed by atoms with van der Waals surface area (Å²) in [6.07, 6.45) is 0.991. The van der Waals surface area contributed by atoms with Crippen LogP contribution in [0, 0.1) is 17.8 Å². The van der Waals surface area contributed by atoms with E-state index < -0.39 is 30.5 Å². The minimum absolute atomic E-state index is 0.259. The van der Waals surface area contributed by atoms with Gasteiger partial charge in [-0.3, -0.25) is 0 Å². The molecule has 2 saturated carbocycles. The Labute approximate surface area is 254 Å². The van der Waals surface area contributed by atoms with Gasteiger partial charge in [0.15, 0.2) is 0 Å². The summed E-state index contributed by atoms with van der Waals surface area (Å²) in [6, 6.07) is 41.4. The number of hydrogen-bond acceptors (Lipinski definition) is 5. The number of aliphatic hydroxyl groups excluding tert-OH is 1. The SMILES string of the molecule is COC(c1ccccc1)(c1ccccc1)[C@@H]1OB([C@@H]2C[C@H]2[C@@H]2C[C@H]2CO)O[C@H]1C(OC)(c1ccccc1)c1ccccc1. The highest BCUT2D eigenvalue weighted by molar-refractivity contribution is 6.48. The molecule has 3 fully saturated rings. The van der Waals surface area contributed by atoms with Crippen LogP contribution < -0.4 is 0 Å². The molecule has 220 valence electrons. The summed E-state index contributed by atoms with van der Waals surface area (Å²) in [5.74, 6) is 1.71. The smallest absolute Gasteiger partial charge is 0.402 e. The molecule has 0 bridgehead atoms. The summed E-state index contributed by atoms with van der Waals surface area (Å²) in [5.41, 5.74) is 1.97. The second-order valence-corrected chi connectivity index (χ2v) is 12.2. The predicted molar refractivity (Wildman–Crippen MR) is 167 cm³/mol. The van der Waals surface area contributed by atoms with Crippen LogP contribution >= 0.6 is 0 Å². The Morgan fingerprint density at radius 3 is 1.28 bits per heavy atom. The third-order valence-corrected chi connectivity index (χ3v) is 10.1. The highest BCUT2D eigenvalue weighted by Crippen LogP contribution is 2.64. The fourth-order valence-corrected chi connectivity index (χ4v) is 7.77. The predicted octanol–water partition coefficient (Wildman–Crippen LogP) is 6.46. The van der Waals surface area contributed by atoms with Gasteiger partial charge in [-0.1, -0.05) is 121 Å². The molecule has 1 N–H and O–H groups in total. The zero-order valence-electron chi connectivity index (χ0n) is 24.8. The van der Waals surface area contributed by atoms with Gasteiger partial charge in [0, 0.05) is 20.8 Å². The third-order valence-electron chi connectivity index (χ3n) is 10.1. The van der Waals surface area contributed by atoms with E-state index in [1.54, 1.807) is 14.2 Å². The van der Waals surface area contributed by atoms with Crippen LogP contribution in [-0.4, -0.2) is 45.3 Å². The Kier molecular flexibility index (Phi) is 7.74. The van der Waals surface area contributed by atoms with E-state index in [1.807, 2.05) is 72.8 Å². The molecule has 0 amide bonds. The summed E-state index contributed by atoms with van der Waals surface area (Å²) in [4.78, 5) is 0. The van der Waals surface area contributed by atoms with Gasteiger partial charge in [0.1, 0.15) is 23.4 Å². The van der Waals surface area contributed by atoms with Crippen molar-refractivity contribution in [1.82, 2.24) is 0 Å². The first-order valence-corrected chi connectivity index (χ1v) is 15.4. The van der Waals surface area contributed by atoms with Crippen molar-refractivity contribution in [1.29, 1.82) is 0 Å². The van der Waals surface area contributed by atoms with Crippen molar-refractivity contribution in [2.24, 2.45) is 17.8 Å². The minimum Gasteiger partial charge on any atom is -0.402 e. The topological polar surface area (TPSA) is 57.2 Å². The van der Waals surface area contributed by atoms with E-state index in [0.29, 0.717) is 17.8 Å². The molecule has 0 radical (unpaired) electrons. The molecule has 5 nitrogen and oxygen atoms in total. The molecule has 0 unspecified atom stereocenters. The zero-order chi connectivity index (χ0) is 29.4. The number of hydrogen-bond donors (Lipinski definition) is 1. The van der Waals surface area contributed by atoms with E-state index in [2.05, 4.69) is 48.5 Å². The normalized spacial score (nSPS) is 26.8. The standard InChI is InChI=1S/C37H39BO5/c1-40-36(27-15-7-3-8-16-27,28-17-9-4-10-18-28)34-35(43-38(42-34)33-24-32(33)31-23-26(31)25-39)37(41-2,29-19-11-5-12-20-29)30-21-13-6-14-22-30/h3-22,26,31-35,39H,23-25H2,1-2H3/t26-,31+,32-,33+,34+,35+/m0/s1. The second kappa shape index (κ2) is 11.7. The van der Waals surface area contributed by atoms with E-state index in [1.165, 1.54) is 0 Å². The van der Waals surface area contributed by atoms with Gasteiger partial charge in [0.2, 0.25) is 0 Å². The van der Waals surface area contributed by atoms with Crippen LogP contribution in [0.1, 0.15) is 35.1 Å². The minimum atomic E-state index is -0.993. The molecule has 0 spiro atoms. The van der Waals surface area contributed by atoms with Crippen LogP contribution in [0.2, 0.25) is 5.82 Å². The molecule has 2 aliphatic carbocycles. The van der Waals surface area contributed by atoms with E-state index in [9.17, 15) is 5.11 Å². The second-order valence-electron chi connectivity index (χ2n) is 12.2. The maximum absolute atomic E-state index is 9.77. The average molecular weight is 575 g/mol. The molecule has 1 aliphatic heterocycles. The van der Waals surface area contributed by atoms with Crippen LogP contribution in [0.15, 0.2) is 121 Å². The van der Waals surface area contributed by atoms with Crippen molar-refractivity contribution in [3.63, 3.8) is 0 Å². The van der Waals surface area contributed by atoms with Crippen molar-refractivity contribution in [3.05, 3.63) is 144 Å². The lowest BCUT2D eigenvalue weighted by molar-refractivity contribution is -0.136. The van der Waals surface area contributed by atoms with Gasteiger partial charge < -0.3 is 23.9 Å². The lowest BCUT2D eigenvalue weighted by atomic mass is 9.71. The van der Waals surface area contributed by atoms with Crippen LogP contribution in [-0.2, 0) is 30.0 Å². The molecule has 7 rings (SSSR count). The molecule has 0 aromatic heterocycles. The number of ether oxygens (including phenoxy) is 2. The third kappa shape index (κ3) is 4.77. The Hall–Kier alpha value is -3.26. The van der Waals surface area contributed by atoms with Gasteiger partial charge in [-0.25, -0.2) is 0 Å². The summed E-state index contributed by atoms with van der Waals surface area (Å²) in [5, 5.41) is 9.77. The van der Waals surface area contributed by atoms with Crippen LogP contribution in [0.3, 0.4) is 0 Å². The molecule has 6 atom stereocenters. The zero-order valence-corrected chi connectivity index (χ0v) is 24.8. The Morgan fingerprint density at radius 2 is 0.977 bits per heavy atom. The van der Waals surface area contributed by atoms with Crippen molar-refractivity contribution in [2.75, 3.05) is 20.8 Å². The van der Waals surface area contributed by atoms with Gasteiger partial charge in [0.25, 0.3) is 0 Å². The van der Waals surface area contributed by atoms with Gasteiger partial charge >= 0.3 is 7.12 Å². The number of aliphatic hydroxyl groups is 1. The average Bonchev–Trinajstić information content (AvgIpc) is 4.00. The van der Waals surface area contributed by atoms with E-state index in [0.717, 1.165) is 35.1 Å². The number of methoxy groups -OCH3 is 2. The quantitative estimate of drug-likeness (QED) is 0.209. The Bertz CT molecular complexity index is 1310. The van der Waals surface area contributed by atoms with Crippen LogP contribution in [0.25, 0.3) is 0 Å². The lowest BCUT2D eigenvalue weighted by Gasteiger charge is -2.47. The van der Waals surface area contributed by atoms with E-state index in [-0.39, 0.29) is 12.4 Å². The molecule has 3 aliphatic rings. The first kappa shape index (κ1) is 28.5. The summed E-state index contributed by atoms with van der Waals surface area (Å²) >= 11 is 0. The highest BCUT2D eigenvalue weighted by atomic mass is 16.7. The summed E-state index contributed by atoms with van der Waals surface area (Å²) in [6.45, 7) is 0.259.